The lowest BCUT2D eigenvalue weighted by molar-refractivity contribution is -0.119. The van der Waals surface area contributed by atoms with Gasteiger partial charge in [-0.3, -0.25) is 4.79 Å². The summed E-state index contributed by atoms with van der Waals surface area (Å²) in [6.07, 6.45) is 1.93. The predicted octanol–water partition coefficient (Wildman–Crippen LogP) is 3.25. The molecular formula is C17H18N2O3S. The fourth-order valence-electron chi connectivity index (χ4n) is 2.02. The van der Waals surface area contributed by atoms with Gasteiger partial charge in [0.2, 0.25) is 0 Å². The summed E-state index contributed by atoms with van der Waals surface area (Å²) in [7, 11) is 1.72. The molecule has 2 aromatic rings. The van der Waals surface area contributed by atoms with Crippen molar-refractivity contribution in [3.63, 3.8) is 0 Å². The molecule has 0 aliphatic heterocycles. The quantitative estimate of drug-likeness (QED) is 0.629. The smallest absolute Gasteiger partial charge is 0.340 e. The standard InChI is InChI=1S/C17H18N2O3S/c1-18-13-8-4-3-7-12(13)17(21)22-11-16(20)19-14-9-5-6-10-15(14)23-2/h3-10,18H,11H2,1-2H3,(H,19,20). The number of amides is 1. The van der Waals surface area contributed by atoms with E-state index in [0.717, 1.165) is 4.90 Å². The molecule has 0 aliphatic carbocycles. The summed E-state index contributed by atoms with van der Waals surface area (Å²) in [5, 5.41) is 5.66. The first-order valence-corrected chi connectivity index (χ1v) is 8.25. The van der Waals surface area contributed by atoms with Gasteiger partial charge < -0.3 is 15.4 Å². The topological polar surface area (TPSA) is 67.4 Å². The van der Waals surface area contributed by atoms with Gasteiger partial charge in [0, 0.05) is 17.6 Å². The molecule has 2 aromatic carbocycles. The molecule has 6 heteroatoms. The number of ether oxygens (including phenoxy) is 1. The minimum absolute atomic E-state index is 0.334. The fourth-order valence-corrected chi connectivity index (χ4v) is 2.58. The second-order valence-corrected chi connectivity index (χ2v) is 5.47. The van der Waals surface area contributed by atoms with Crippen molar-refractivity contribution in [2.45, 2.75) is 4.90 Å². The van der Waals surface area contributed by atoms with Crippen LogP contribution in [0.2, 0.25) is 0 Å². The first-order chi connectivity index (χ1) is 11.2. The van der Waals surface area contributed by atoms with E-state index >= 15 is 0 Å². The van der Waals surface area contributed by atoms with Gasteiger partial charge in [-0.05, 0) is 30.5 Å². The van der Waals surface area contributed by atoms with E-state index in [2.05, 4.69) is 10.6 Å². The zero-order chi connectivity index (χ0) is 16.7. The Kier molecular flexibility index (Phi) is 6.05. The van der Waals surface area contributed by atoms with Crippen LogP contribution in [0.25, 0.3) is 0 Å². The number of anilines is 2. The van der Waals surface area contributed by atoms with Crippen LogP contribution in [-0.4, -0.2) is 31.8 Å². The SMILES string of the molecule is CNc1ccccc1C(=O)OCC(=O)Nc1ccccc1SC. The molecule has 0 atom stereocenters. The lowest BCUT2D eigenvalue weighted by atomic mass is 10.2. The number of thioether (sulfide) groups is 1. The highest BCUT2D eigenvalue weighted by Gasteiger charge is 2.14. The van der Waals surface area contributed by atoms with Crippen molar-refractivity contribution >= 4 is 35.0 Å². The van der Waals surface area contributed by atoms with Crippen LogP contribution in [0.1, 0.15) is 10.4 Å². The largest absolute Gasteiger partial charge is 0.452 e. The monoisotopic (exact) mass is 330 g/mol. The van der Waals surface area contributed by atoms with Gasteiger partial charge >= 0.3 is 5.97 Å². The van der Waals surface area contributed by atoms with Crippen molar-refractivity contribution in [2.24, 2.45) is 0 Å². The summed E-state index contributed by atoms with van der Waals surface area (Å²) in [5.41, 5.74) is 1.76. The Hall–Kier alpha value is -2.47. The van der Waals surface area contributed by atoms with Crippen molar-refractivity contribution in [2.75, 3.05) is 30.5 Å². The first-order valence-electron chi connectivity index (χ1n) is 7.02. The predicted molar refractivity (Wildman–Crippen MR) is 93.1 cm³/mol. The molecule has 5 nitrogen and oxygen atoms in total. The average Bonchev–Trinajstić information content (AvgIpc) is 2.60. The Morgan fingerprint density at radius 1 is 1.04 bits per heavy atom. The molecule has 0 fully saturated rings. The summed E-state index contributed by atoms with van der Waals surface area (Å²) < 4.78 is 5.08. The number of nitrogens with one attached hydrogen (secondary N) is 2. The van der Waals surface area contributed by atoms with Crippen LogP contribution in [0, 0.1) is 0 Å². The van der Waals surface area contributed by atoms with E-state index in [-0.39, 0.29) is 12.5 Å². The summed E-state index contributed by atoms with van der Waals surface area (Å²) in [4.78, 5) is 25.0. The van der Waals surface area contributed by atoms with E-state index in [9.17, 15) is 9.59 Å². The fraction of sp³-hybridized carbons (Fsp3) is 0.176. The lowest BCUT2D eigenvalue weighted by Gasteiger charge is -2.11. The normalized spacial score (nSPS) is 10.0. The van der Waals surface area contributed by atoms with Crippen molar-refractivity contribution in [3.05, 3.63) is 54.1 Å². The number of esters is 1. The maximum atomic E-state index is 12.1. The average molecular weight is 330 g/mol. The molecule has 0 spiro atoms. The lowest BCUT2D eigenvalue weighted by Crippen LogP contribution is -2.21. The molecule has 0 radical (unpaired) electrons. The van der Waals surface area contributed by atoms with Crippen LogP contribution in [-0.2, 0) is 9.53 Å². The van der Waals surface area contributed by atoms with E-state index in [1.165, 1.54) is 11.8 Å². The van der Waals surface area contributed by atoms with Gasteiger partial charge in [0.25, 0.3) is 5.91 Å². The van der Waals surface area contributed by atoms with Gasteiger partial charge in [-0.2, -0.15) is 0 Å². The maximum absolute atomic E-state index is 12.1. The molecule has 0 bridgehead atoms. The van der Waals surface area contributed by atoms with Crippen molar-refractivity contribution in [1.29, 1.82) is 0 Å². The van der Waals surface area contributed by atoms with E-state index in [0.29, 0.717) is 16.9 Å². The van der Waals surface area contributed by atoms with Crippen molar-refractivity contribution in [3.8, 4) is 0 Å². The highest BCUT2D eigenvalue weighted by molar-refractivity contribution is 7.98. The van der Waals surface area contributed by atoms with Gasteiger partial charge in [0.1, 0.15) is 0 Å². The van der Waals surface area contributed by atoms with Gasteiger partial charge in [-0.25, -0.2) is 4.79 Å². The molecular weight excluding hydrogens is 312 g/mol. The molecule has 1 amide bonds. The molecule has 23 heavy (non-hydrogen) atoms. The summed E-state index contributed by atoms with van der Waals surface area (Å²) in [6, 6.07) is 14.4. The number of benzene rings is 2. The molecule has 0 aliphatic rings. The van der Waals surface area contributed by atoms with Gasteiger partial charge in [-0.1, -0.05) is 24.3 Å². The molecule has 0 saturated carbocycles. The third kappa shape index (κ3) is 4.50. The van der Waals surface area contributed by atoms with Crippen LogP contribution < -0.4 is 10.6 Å². The van der Waals surface area contributed by atoms with E-state index in [1.54, 1.807) is 25.2 Å². The van der Waals surface area contributed by atoms with Crippen molar-refractivity contribution in [1.82, 2.24) is 0 Å². The van der Waals surface area contributed by atoms with Crippen LogP contribution in [0.3, 0.4) is 0 Å². The molecule has 120 valence electrons. The highest BCUT2D eigenvalue weighted by Crippen LogP contribution is 2.24. The minimum Gasteiger partial charge on any atom is -0.452 e. The summed E-state index contributed by atoms with van der Waals surface area (Å²) in [5.74, 6) is -0.912. The number of carbonyl (C=O) groups is 2. The number of para-hydroxylation sites is 2. The van der Waals surface area contributed by atoms with Crippen LogP contribution in [0.15, 0.2) is 53.4 Å². The van der Waals surface area contributed by atoms with E-state index in [1.807, 2.05) is 36.6 Å². The number of hydrogen-bond donors (Lipinski definition) is 2. The van der Waals surface area contributed by atoms with Gasteiger partial charge in [-0.15, -0.1) is 11.8 Å². The Bertz CT molecular complexity index is 704. The van der Waals surface area contributed by atoms with Crippen LogP contribution in [0.5, 0.6) is 0 Å². The first kappa shape index (κ1) is 16.9. The summed E-state index contributed by atoms with van der Waals surface area (Å²) >= 11 is 1.53. The molecule has 0 unspecified atom stereocenters. The number of rotatable bonds is 6. The molecule has 2 rings (SSSR count). The van der Waals surface area contributed by atoms with E-state index in [4.69, 9.17) is 4.74 Å². The third-order valence-electron chi connectivity index (χ3n) is 3.13. The molecule has 0 aromatic heterocycles. The van der Waals surface area contributed by atoms with Gasteiger partial charge in [0.05, 0.1) is 11.3 Å². The van der Waals surface area contributed by atoms with Crippen LogP contribution >= 0.6 is 11.8 Å². The number of hydrogen-bond acceptors (Lipinski definition) is 5. The van der Waals surface area contributed by atoms with E-state index < -0.39 is 5.97 Å². The van der Waals surface area contributed by atoms with Gasteiger partial charge in [0.15, 0.2) is 6.61 Å². The highest BCUT2D eigenvalue weighted by atomic mass is 32.2. The summed E-state index contributed by atoms with van der Waals surface area (Å²) in [6.45, 7) is -0.334. The second-order valence-electron chi connectivity index (χ2n) is 4.62. The number of carbonyl (C=O) groups excluding carboxylic acids is 2. The second kappa shape index (κ2) is 8.24. The molecule has 0 heterocycles. The Morgan fingerprint density at radius 2 is 1.70 bits per heavy atom. The van der Waals surface area contributed by atoms with Crippen molar-refractivity contribution < 1.29 is 14.3 Å². The Balaban J connectivity index is 1.95. The molecule has 2 N–H and O–H groups in total. The third-order valence-corrected chi connectivity index (χ3v) is 3.93. The maximum Gasteiger partial charge on any atom is 0.340 e. The Morgan fingerprint density at radius 3 is 2.39 bits per heavy atom. The zero-order valence-corrected chi connectivity index (χ0v) is 13.8. The zero-order valence-electron chi connectivity index (χ0n) is 13.0. The Labute approximate surface area is 139 Å². The van der Waals surface area contributed by atoms with Crippen LogP contribution in [0.4, 0.5) is 11.4 Å². The minimum atomic E-state index is -0.539. The molecule has 0 saturated heterocycles.